The van der Waals surface area contributed by atoms with Crippen LogP contribution >= 0.6 is 0 Å². The molecule has 0 aliphatic carbocycles. The lowest BCUT2D eigenvalue weighted by atomic mass is 9.80. The van der Waals surface area contributed by atoms with Crippen molar-refractivity contribution in [2.45, 2.75) is 39.3 Å². The van der Waals surface area contributed by atoms with Gasteiger partial charge in [0.25, 0.3) is 0 Å². The smallest absolute Gasteiger partial charge is 0.337 e. The van der Waals surface area contributed by atoms with Crippen molar-refractivity contribution in [1.82, 2.24) is 4.57 Å². The van der Waals surface area contributed by atoms with E-state index in [1.54, 1.807) is 19.9 Å². The van der Waals surface area contributed by atoms with E-state index in [4.69, 9.17) is 14.5 Å². The van der Waals surface area contributed by atoms with Crippen LogP contribution in [0.1, 0.15) is 32.8 Å². The Bertz CT molecular complexity index is 1630. The Morgan fingerprint density at radius 2 is 1.67 bits per heavy atom. The van der Waals surface area contributed by atoms with Crippen molar-refractivity contribution in [3.05, 3.63) is 76.8 Å². The van der Waals surface area contributed by atoms with Gasteiger partial charge in [0.1, 0.15) is 11.3 Å². The predicted molar refractivity (Wildman–Crippen MR) is 137 cm³/mol. The number of rotatable bonds is 7. The van der Waals surface area contributed by atoms with Crippen molar-refractivity contribution in [1.29, 1.82) is 0 Å². The van der Waals surface area contributed by atoms with Gasteiger partial charge in [-0.25, -0.2) is 4.79 Å². The number of hydrogen-bond acceptors (Lipinski definition) is 6. The molecular weight excluding hydrogens is 456 g/mol. The summed E-state index contributed by atoms with van der Waals surface area (Å²) in [5, 5.41) is 13.3. The molecule has 0 saturated heterocycles. The highest BCUT2D eigenvalue weighted by Gasteiger charge is 2.46. The average molecular weight is 485 g/mol. The van der Waals surface area contributed by atoms with Crippen LogP contribution in [-0.2, 0) is 31.1 Å². The molecule has 5 rings (SSSR count). The number of hydrogen-bond donors (Lipinski definition) is 1. The number of ether oxygens (including phenoxy) is 2. The van der Waals surface area contributed by atoms with Gasteiger partial charge in [0.05, 0.1) is 30.6 Å². The average Bonchev–Trinajstić information content (AvgIpc) is 3.36. The lowest BCUT2D eigenvalue weighted by Crippen LogP contribution is -2.34. The van der Waals surface area contributed by atoms with Gasteiger partial charge in [0.15, 0.2) is 0 Å². The molecule has 0 bridgehead atoms. The van der Waals surface area contributed by atoms with Crippen LogP contribution in [0.5, 0.6) is 5.75 Å². The van der Waals surface area contributed by atoms with E-state index in [-0.39, 0.29) is 31.0 Å². The number of aryl methyl sites for hydroxylation is 1. The Balaban J connectivity index is 1.85. The first-order chi connectivity index (χ1) is 17.4. The molecule has 1 aromatic heterocycles. The highest BCUT2D eigenvalue weighted by molar-refractivity contribution is 6.15. The van der Waals surface area contributed by atoms with Gasteiger partial charge < -0.3 is 19.1 Å². The highest BCUT2D eigenvalue weighted by Crippen LogP contribution is 2.42. The van der Waals surface area contributed by atoms with E-state index < -0.39 is 17.5 Å². The molecule has 1 N–H and O–H groups in total. The Hall–Kier alpha value is -4.13. The minimum absolute atomic E-state index is 0.000786. The van der Waals surface area contributed by atoms with E-state index in [0.717, 1.165) is 28.4 Å². The number of fused-ring (bicyclic) bond motifs is 4. The van der Waals surface area contributed by atoms with Gasteiger partial charge in [-0.2, -0.15) is 0 Å². The van der Waals surface area contributed by atoms with Crippen LogP contribution in [-0.4, -0.2) is 34.8 Å². The zero-order valence-electron chi connectivity index (χ0n) is 20.6. The van der Waals surface area contributed by atoms with Crippen LogP contribution in [0.25, 0.3) is 27.4 Å². The van der Waals surface area contributed by atoms with E-state index in [1.165, 1.54) is 12.1 Å². The number of aromatic nitrogens is 1. The minimum Gasteiger partial charge on any atom is -0.508 e. The van der Waals surface area contributed by atoms with E-state index in [1.807, 2.05) is 30.3 Å². The van der Waals surface area contributed by atoms with Crippen molar-refractivity contribution in [3.8, 4) is 5.75 Å². The van der Waals surface area contributed by atoms with Gasteiger partial charge in [0, 0.05) is 33.6 Å². The van der Waals surface area contributed by atoms with Crippen LogP contribution in [0.3, 0.4) is 0 Å². The zero-order valence-corrected chi connectivity index (χ0v) is 20.6. The Labute approximate surface area is 208 Å². The van der Waals surface area contributed by atoms with Crippen LogP contribution in [0.2, 0.25) is 0 Å². The molecule has 0 amide bonds. The molecule has 7 nitrogen and oxygen atoms in total. The van der Waals surface area contributed by atoms with Gasteiger partial charge in [-0.05, 0) is 62.7 Å². The number of esters is 2. The molecule has 0 saturated carbocycles. The summed E-state index contributed by atoms with van der Waals surface area (Å²) in [4.78, 5) is 31.3. The molecule has 36 heavy (non-hydrogen) atoms. The fourth-order valence-electron chi connectivity index (χ4n) is 5.30. The van der Waals surface area contributed by atoms with E-state index in [2.05, 4.69) is 23.6 Å². The third-order valence-corrected chi connectivity index (χ3v) is 6.73. The Morgan fingerprint density at radius 1 is 0.917 bits per heavy atom. The summed E-state index contributed by atoms with van der Waals surface area (Å²) in [5.41, 5.74) is 1.71. The number of carbonyl (C=O) groups is 2. The molecule has 1 atom stereocenters. The van der Waals surface area contributed by atoms with E-state index in [0.29, 0.717) is 16.1 Å². The molecule has 0 spiro atoms. The molecule has 4 aromatic rings. The SMILES string of the molecule is CCOC(=O)CC1(c2ccc3c(c2)c2ccccc2n3CC)N=c2ccc(O)cc2=C1C(=O)OCC. The summed E-state index contributed by atoms with van der Waals surface area (Å²) in [6, 6.07) is 18.8. The molecular formula is C29H28N2O5. The summed E-state index contributed by atoms with van der Waals surface area (Å²) < 4.78 is 13.0. The topological polar surface area (TPSA) is 90.1 Å². The Morgan fingerprint density at radius 3 is 2.42 bits per heavy atom. The second kappa shape index (κ2) is 9.15. The number of aromatic hydroxyl groups is 1. The fraction of sp³-hybridized carbons (Fsp3) is 0.276. The van der Waals surface area contributed by atoms with Crippen molar-refractivity contribution >= 4 is 39.3 Å². The maximum Gasteiger partial charge on any atom is 0.337 e. The lowest BCUT2D eigenvalue weighted by molar-refractivity contribution is -0.144. The quantitative estimate of drug-likeness (QED) is 0.404. The van der Waals surface area contributed by atoms with Crippen molar-refractivity contribution in [3.63, 3.8) is 0 Å². The van der Waals surface area contributed by atoms with Crippen molar-refractivity contribution in [2.24, 2.45) is 4.99 Å². The second-order valence-corrected chi connectivity index (χ2v) is 8.74. The van der Waals surface area contributed by atoms with Crippen molar-refractivity contribution < 1.29 is 24.2 Å². The normalized spacial score (nSPS) is 16.7. The maximum absolute atomic E-state index is 13.4. The molecule has 3 aromatic carbocycles. The molecule has 1 unspecified atom stereocenters. The molecule has 1 aliphatic rings. The molecule has 184 valence electrons. The number of benzene rings is 3. The van der Waals surface area contributed by atoms with Gasteiger partial charge in [0.2, 0.25) is 0 Å². The summed E-state index contributed by atoms with van der Waals surface area (Å²) >= 11 is 0. The first kappa shape index (κ1) is 23.6. The van der Waals surface area contributed by atoms with Gasteiger partial charge in [-0.3, -0.25) is 9.79 Å². The molecule has 0 fully saturated rings. The maximum atomic E-state index is 13.4. The first-order valence-corrected chi connectivity index (χ1v) is 12.2. The fourth-order valence-corrected chi connectivity index (χ4v) is 5.30. The number of phenols is 1. The molecule has 1 aliphatic heterocycles. The zero-order chi connectivity index (χ0) is 25.4. The number of phenolic OH excluding ortho intramolecular Hbond substituents is 1. The predicted octanol–water partition coefficient (Wildman–Crippen LogP) is 3.72. The lowest BCUT2D eigenvalue weighted by Gasteiger charge is -2.29. The largest absolute Gasteiger partial charge is 0.508 e. The molecule has 7 heteroatoms. The standard InChI is InChI=1S/C29H28N2O5/c1-4-31-24-10-8-7-9-20(24)21-15-18(11-14-25(21)31)29(17-26(33)35-5-2)27(28(34)36-6-3)22-16-19(32)12-13-23(22)30-29/h7-16,32H,4-6,17H2,1-3H3. The summed E-state index contributed by atoms with van der Waals surface area (Å²) in [6.45, 7) is 6.74. The van der Waals surface area contributed by atoms with Crippen LogP contribution < -0.4 is 10.6 Å². The summed E-state index contributed by atoms with van der Waals surface area (Å²) in [5.74, 6) is -1.05. The van der Waals surface area contributed by atoms with E-state index in [9.17, 15) is 14.7 Å². The van der Waals surface area contributed by atoms with Gasteiger partial charge in [-0.1, -0.05) is 24.3 Å². The van der Waals surface area contributed by atoms with Crippen molar-refractivity contribution in [2.75, 3.05) is 13.2 Å². The van der Waals surface area contributed by atoms with E-state index >= 15 is 0 Å². The monoisotopic (exact) mass is 484 g/mol. The highest BCUT2D eigenvalue weighted by atomic mass is 16.5. The number of para-hydroxylation sites is 1. The first-order valence-electron chi connectivity index (χ1n) is 12.2. The number of carbonyl (C=O) groups excluding carboxylic acids is 2. The van der Waals surface area contributed by atoms with Gasteiger partial charge >= 0.3 is 11.9 Å². The Kier molecular flexibility index (Phi) is 6.00. The minimum atomic E-state index is -1.36. The van der Waals surface area contributed by atoms with Crippen LogP contribution in [0.15, 0.2) is 65.7 Å². The molecule has 0 radical (unpaired) electrons. The molecule has 2 heterocycles. The van der Waals surface area contributed by atoms with Crippen LogP contribution in [0, 0.1) is 0 Å². The third-order valence-electron chi connectivity index (χ3n) is 6.73. The second-order valence-electron chi connectivity index (χ2n) is 8.74. The van der Waals surface area contributed by atoms with Gasteiger partial charge in [-0.15, -0.1) is 0 Å². The summed E-state index contributed by atoms with van der Waals surface area (Å²) in [6.07, 6.45) is -0.178. The third kappa shape index (κ3) is 3.63. The summed E-state index contributed by atoms with van der Waals surface area (Å²) in [7, 11) is 0. The number of nitrogens with zero attached hydrogens (tertiary/aromatic N) is 2. The van der Waals surface area contributed by atoms with Crippen LogP contribution in [0.4, 0.5) is 0 Å².